The fraction of sp³-hybridized carbons (Fsp3) is 0.150. The molecule has 1 aliphatic heterocycles. The van der Waals surface area contributed by atoms with Crippen LogP contribution in [0, 0.1) is 0 Å². The molecule has 0 saturated heterocycles. The SMILES string of the molecule is O=C1C[C@H](c2cccc(OCc3ccccc3Cl)c2)c2sccc2N1. The van der Waals surface area contributed by atoms with Gasteiger partial charge in [-0.05, 0) is 35.2 Å². The molecule has 0 fully saturated rings. The summed E-state index contributed by atoms with van der Waals surface area (Å²) < 4.78 is 5.92. The second-order valence-electron chi connectivity index (χ2n) is 5.96. The number of carbonyl (C=O) groups excluding carboxylic acids is 1. The standard InChI is InChI=1S/C20H16ClNO2S/c21-17-7-2-1-4-14(17)12-24-15-6-3-5-13(10-15)16-11-19(23)22-18-8-9-25-20(16)18/h1-10,16H,11-12H2,(H,22,23)/t16-/m1/s1. The maximum atomic E-state index is 12.0. The lowest BCUT2D eigenvalue weighted by atomic mass is 9.90. The van der Waals surface area contributed by atoms with Crippen molar-refractivity contribution < 1.29 is 9.53 Å². The van der Waals surface area contributed by atoms with Gasteiger partial charge in [0.25, 0.3) is 0 Å². The van der Waals surface area contributed by atoms with Crippen LogP contribution in [-0.4, -0.2) is 5.91 Å². The molecule has 1 aliphatic rings. The van der Waals surface area contributed by atoms with Crippen molar-refractivity contribution in [1.82, 2.24) is 0 Å². The third-order valence-electron chi connectivity index (χ3n) is 4.29. The van der Waals surface area contributed by atoms with Gasteiger partial charge >= 0.3 is 0 Å². The first kappa shape index (κ1) is 16.2. The Hall–Kier alpha value is -2.30. The fourth-order valence-corrected chi connectivity index (χ4v) is 4.21. The van der Waals surface area contributed by atoms with E-state index in [0.29, 0.717) is 18.1 Å². The molecular formula is C20H16ClNO2S. The molecule has 0 spiro atoms. The molecule has 1 aromatic heterocycles. The first-order valence-corrected chi connectivity index (χ1v) is 9.30. The zero-order chi connectivity index (χ0) is 17.2. The number of rotatable bonds is 4. The van der Waals surface area contributed by atoms with E-state index < -0.39 is 0 Å². The third kappa shape index (κ3) is 3.41. The molecule has 5 heteroatoms. The summed E-state index contributed by atoms with van der Waals surface area (Å²) in [4.78, 5) is 13.2. The van der Waals surface area contributed by atoms with Crippen molar-refractivity contribution in [3.05, 3.63) is 81.0 Å². The van der Waals surface area contributed by atoms with Crippen LogP contribution in [0.1, 0.15) is 28.3 Å². The predicted molar refractivity (Wildman–Crippen MR) is 102 cm³/mol. The monoisotopic (exact) mass is 369 g/mol. The molecule has 0 saturated carbocycles. The van der Waals surface area contributed by atoms with E-state index in [4.69, 9.17) is 16.3 Å². The molecule has 4 rings (SSSR count). The molecule has 1 amide bonds. The summed E-state index contributed by atoms with van der Waals surface area (Å²) in [5.74, 6) is 0.910. The minimum Gasteiger partial charge on any atom is -0.489 e. The summed E-state index contributed by atoms with van der Waals surface area (Å²) in [6, 6.07) is 17.6. The molecule has 0 unspecified atom stereocenters. The molecular weight excluding hydrogens is 354 g/mol. The average molecular weight is 370 g/mol. The van der Waals surface area contributed by atoms with Crippen LogP contribution < -0.4 is 10.1 Å². The van der Waals surface area contributed by atoms with E-state index in [1.165, 1.54) is 4.88 Å². The largest absolute Gasteiger partial charge is 0.489 e. The van der Waals surface area contributed by atoms with Gasteiger partial charge in [0.1, 0.15) is 12.4 Å². The highest BCUT2D eigenvalue weighted by molar-refractivity contribution is 7.10. The minimum absolute atomic E-state index is 0.0540. The van der Waals surface area contributed by atoms with Crippen LogP contribution >= 0.6 is 22.9 Å². The molecule has 2 heterocycles. The molecule has 0 radical (unpaired) electrons. The Morgan fingerprint density at radius 3 is 2.92 bits per heavy atom. The highest BCUT2D eigenvalue weighted by Crippen LogP contribution is 2.41. The van der Waals surface area contributed by atoms with Crippen LogP contribution in [0.15, 0.2) is 60.0 Å². The lowest BCUT2D eigenvalue weighted by molar-refractivity contribution is -0.116. The zero-order valence-electron chi connectivity index (χ0n) is 13.4. The van der Waals surface area contributed by atoms with Crippen LogP contribution in [0.25, 0.3) is 0 Å². The number of amides is 1. The smallest absolute Gasteiger partial charge is 0.225 e. The van der Waals surface area contributed by atoms with Crippen LogP contribution in [-0.2, 0) is 11.4 Å². The minimum atomic E-state index is 0.0540. The van der Waals surface area contributed by atoms with E-state index in [9.17, 15) is 4.79 Å². The second kappa shape index (κ2) is 6.90. The van der Waals surface area contributed by atoms with Crippen molar-refractivity contribution in [2.75, 3.05) is 5.32 Å². The van der Waals surface area contributed by atoms with Gasteiger partial charge in [-0.1, -0.05) is 41.9 Å². The van der Waals surface area contributed by atoms with Crippen molar-refractivity contribution in [1.29, 1.82) is 0 Å². The molecule has 0 aliphatic carbocycles. The summed E-state index contributed by atoms with van der Waals surface area (Å²) in [6.45, 7) is 0.415. The van der Waals surface area contributed by atoms with Crippen LogP contribution in [0.4, 0.5) is 5.69 Å². The zero-order valence-corrected chi connectivity index (χ0v) is 14.9. The summed E-state index contributed by atoms with van der Waals surface area (Å²) in [5.41, 5.74) is 2.97. The summed E-state index contributed by atoms with van der Waals surface area (Å²) in [7, 11) is 0. The first-order valence-electron chi connectivity index (χ1n) is 8.04. The molecule has 126 valence electrons. The summed E-state index contributed by atoms with van der Waals surface area (Å²) in [5, 5.41) is 5.65. The maximum Gasteiger partial charge on any atom is 0.225 e. The molecule has 25 heavy (non-hydrogen) atoms. The van der Waals surface area contributed by atoms with Crippen LogP contribution in [0.3, 0.4) is 0 Å². The van der Waals surface area contributed by atoms with E-state index in [0.717, 1.165) is 22.6 Å². The van der Waals surface area contributed by atoms with Crippen molar-refractivity contribution in [3.63, 3.8) is 0 Å². The Morgan fingerprint density at radius 1 is 1.16 bits per heavy atom. The van der Waals surface area contributed by atoms with E-state index in [2.05, 4.69) is 11.4 Å². The Balaban J connectivity index is 1.56. The Bertz CT molecular complexity index is 921. The number of ether oxygens (including phenoxy) is 1. The van der Waals surface area contributed by atoms with Gasteiger partial charge in [0.2, 0.25) is 5.91 Å². The Morgan fingerprint density at radius 2 is 2.04 bits per heavy atom. The van der Waals surface area contributed by atoms with Crippen molar-refractivity contribution >= 4 is 34.5 Å². The first-order chi connectivity index (χ1) is 12.2. The van der Waals surface area contributed by atoms with Gasteiger partial charge in [0, 0.05) is 27.8 Å². The molecule has 2 aromatic carbocycles. The van der Waals surface area contributed by atoms with Crippen LogP contribution in [0.5, 0.6) is 5.75 Å². The number of nitrogens with one attached hydrogen (secondary N) is 1. The van der Waals surface area contributed by atoms with E-state index in [-0.39, 0.29) is 11.8 Å². The van der Waals surface area contributed by atoms with Gasteiger partial charge in [-0.25, -0.2) is 0 Å². The van der Waals surface area contributed by atoms with Gasteiger partial charge in [0.15, 0.2) is 0 Å². The second-order valence-corrected chi connectivity index (χ2v) is 7.31. The lowest BCUT2D eigenvalue weighted by Gasteiger charge is -2.23. The Kier molecular flexibility index (Phi) is 4.47. The van der Waals surface area contributed by atoms with Gasteiger partial charge in [-0.15, -0.1) is 11.3 Å². The average Bonchev–Trinajstić information content (AvgIpc) is 3.09. The summed E-state index contributed by atoms with van der Waals surface area (Å²) >= 11 is 7.86. The number of thiophene rings is 1. The molecule has 0 bridgehead atoms. The van der Waals surface area contributed by atoms with Crippen molar-refractivity contribution in [3.8, 4) is 5.75 Å². The lowest BCUT2D eigenvalue weighted by Crippen LogP contribution is -2.21. The molecule has 1 N–H and O–H groups in total. The highest BCUT2D eigenvalue weighted by atomic mass is 35.5. The molecule has 3 nitrogen and oxygen atoms in total. The normalized spacial score (nSPS) is 16.2. The fourth-order valence-electron chi connectivity index (χ4n) is 3.04. The Labute approximate surface area is 155 Å². The summed E-state index contributed by atoms with van der Waals surface area (Å²) in [6.07, 6.45) is 0.460. The maximum absolute atomic E-state index is 12.0. The van der Waals surface area contributed by atoms with Gasteiger partial charge < -0.3 is 10.1 Å². The third-order valence-corrected chi connectivity index (χ3v) is 5.69. The van der Waals surface area contributed by atoms with E-state index in [1.807, 2.05) is 53.9 Å². The predicted octanol–water partition coefficient (Wildman–Crippen LogP) is 5.45. The topological polar surface area (TPSA) is 38.3 Å². The number of halogens is 1. The highest BCUT2D eigenvalue weighted by Gasteiger charge is 2.27. The quantitative estimate of drug-likeness (QED) is 0.663. The number of anilines is 1. The number of carbonyl (C=O) groups is 1. The molecule has 1 atom stereocenters. The number of fused-ring (bicyclic) bond motifs is 1. The van der Waals surface area contributed by atoms with E-state index in [1.54, 1.807) is 11.3 Å². The number of benzene rings is 2. The molecule has 3 aromatic rings. The number of hydrogen-bond donors (Lipinski definition) is 1. The van der Waals surface area contributed by atoms with Crippen molar-refractivity contribution in [2.45, 2.75) is 18.9 Å². The van der Waals surface area contributed by atoms with E-state index >= 15 is 0 Å². The van der Waals surface area contributed by atoms with Crippen LogP contribution in [0.2, 0.25) is 5.02 Å². The number of hydrogen-bond acceptors (Lipinski definition) is 3. The van der Waals surface area contributed by atoms with Gasteiger partial charge in [0.05, 0.1) is 5.69 Å². The van der Waals surface area contributed by atoms with Gasteiger partial charge in [-0.3, -0.25) is 4.79 Å². The van der Waals surface area contributed by atoms with Crippen molar-refractivity contribution in [2.24, 2.45) is 0 Å². The van der Waals surface area contributed by atoms with Gasteiger partial charge in [-0.2, -0.15) is 0 Å².